The first-order valence-electron chi connectivity index (χ1n) is 9.41. The molecular weight excluding hydrogens is 387 g/mol. The van der Waals surface area contributed by atoms with Crippen molar-refractivity contribution in [2.45, 2.75) is 32.9 Å². The van der Waals surface area contributed by atoms with Crippen LogP contribution < -0.4 is 5.32 Å². The summed E-state index contributed by atoms with van der Waals surface area (Å²) >= 11 is 0. The Morgan fingerprint density at radius 2 is 1.73 bits per heavy atom. The highest BCUT2D eigenvalue weighted by molar-refractivity contribution is 5.94. The smallest absolute Gasteiger partial charge is 0.247 e. The predicted octanol–water partition coefficient (Wildman–Crippen LogP) is 2.75. The molecular formula is C21H23FN6O2. The van der Waals surface area contributed by atoms with Crippen LogP contribution in [0.15, 0.2) is 54.6 Å². The average molecular weight is 410 g/mol. The fourth-order valence-electron chi connectivity index (χ4n) is 2.80. The number of amides is 2. The third kappa shape index (κ3) is 5.47. The van der Waals surface area contributed by atoms with Crippen LogP contribution in [0.5, 0.6) is 0 Å². The van der Waals surface area contributed by atoms with Gasteiger partial charge in [-0.2, -0.15) is 4.80 Å². The van der Waals surface area contributed by atoms with E-state index in [9.17, 15) is 14.0 Å². The van der Waals surface area contributed by atoms with Gasteiger partial charge < -0.3 is 10.2 Å². The summed E-state index contributed by atoms with van der Waals surface area (Å²) in [6.45, 7) is 5.18. The number of carbonyl (C=O) groups is 2. The Morgan fingerprint density at radius 3 is 2.37 bits per heavy atom. The summed E-state index contributed by atoms with van der Waals surface area (Å²) in [6, 6.07) is 14.7. The molecule has 0 aliphatic rings. The minimum absolute atomic E-state index is 0.152. The Balaban J connectivity index is 1.68. The zero-order valence-electron chi connectivity index (χ0n) is 17.0. The van der Waals surface area contributed by atoms with Crippen LogP contribution in [0, 0.1) is 5.82 Å². The van der Waals surface area contributed by atoms with E-state index in [0.717, 1.165) is 5.56 Å². The van der Waals surface area contributed by atoms with Crippen molar-refractivity contribution in [3.8, 4) is 11.4 Å². The van der Waals surface area contributed by atoms with Crippen molar-refractivity contribution < 1.29 is 14.0 Å². The number of carbonyl (C=O) groups excluding carboxylic acids is 2. The van der Waals surface area contributed by atoms with Gasteiger partial charge in [-0.3, -0.25) is 9.59 Å². The minimum Gasteiger partial charge on any atom is -0.327 e. The molecule has 0 saturated carbocycles. The van der Waals surface area contributed by atoms with Crippen LogP contribution in [0.4, 0.5) is 10.1 Å². The van der Waals surface area contributed by atoms with Gasteiger partial charge in [-0.1, -0.05) is 30.3 Å². The molecule has 3 rings (SSSR count). The Morgan fingerprint density at radius 1 is 1.07 bits per heavy atom. The van der Waals surface area contributed by atoms with Gasteiger partial charge in [-0.25, -0.2) is 4.39 Å². The normalized spacial score (nSPS) is 11.2. The van der Waals surface area contributed by atoms with Gasteiger partial charge in [0.15, 0.2) is 0 Å². The van der Waals surface area contributed by atoms with Crippen molar-refractivity contribution in [3.63, 3.8) is 0 Å². The molecule has 0 aliphatic carbocycles. The molecule has 3 aromatic rings. The van der Waals surface area contributed by atoms with Gasteiger partial charge in [0.25, 0.3) is 0 Å². The van der Waals surface area contributed by atoms with E-state index in [1.54, 1.807) is 0 Å². The van der Waals surface area contributed by atoms with Crippen LogP contribution >= 0.6 is 0 Å². The zero-order valence-corrected chi connectivity index (χ0v) is 17.0. The first kappa shape index (κ1) is 21.1. The first-order valence-corrected chi connectivity index (χ1v) is 9.41. The number of nitrogens with one attached hydrogen (secondary N) is 1. The molecule has 1 aromatic heterocycles. The fraction of sp³-hybridized carbons (Fsp3) is 0.286. The number of halogens is 1. The van der Waals surface area contributed by atoms with E-state index in [2.05, 4.69) is 20.7 Å². The number of anilines is 1. The second-order valence-corrected chi connectivity index (χ2v) is 7.72. The highest BCUT2D eigenvalue weighted by Gasteiger charge is 2.29. The molecule has 8 nitrogen and oxygen atoms in total. The summed E-state index contributed by atoms with van der Waals surface area (Å²) in [5.41, 5.74) is 0.635. The summed E-state index contributed by atoms with van der Waals surface area (Å²) in [7, 11) is 0. The van der Waals surface area contributed by atoms with E-state index in [-0.39, 0.29) is 24.9 Å². The standard InChI is InChI=1S/C21H23FN6O2/c1-21(2,3)27(13-18(29)23-17-11-9-16(22)10-12-17)19(30)14-28-25-20(24-26-28)15-7-5-4-6-8-15/h4-12H,13-14H2,1-3H3,(H,23,29). The van der Waals surface area contributed by atoms with Crippen molar-refractivity contribution in [1.29, 1.82) is 0 Å². The van der Waals surface area contributed by atoms with Gasteiger partial charge in [0, 0.05) is 16.8 Å². The van der Waals surface area contributed by atoms with Gasteiger partial charge in [0.05, 0.1) is 0 Å². The van der Waals surface area contributed by atoms with Gasteiger partial charge >= 0.3 is 0 Å². The third-order valence-electron chi connectivity index (χ3n) is 4.30. The molecule has 0 atom stereocenters. The van der Waals surface area contributed by atoms with E-state index >= 15 is 0 Å². The molecule has 9 heteroatoms. The van der Waals surface area contributed by atoms with E-state index in [1.807, 2.05) is 51.1 Å². The summed E-state index contributed by atoms with van der Waals surface area (Å²) in [6.07, 6.45) is 0. The molecule has 0 bridgehead atoms. The Hall–Kier alpha value is -3.62. The van der Waals surface area contributed by atoms with Gasteiger partial charge in [0.2, 0.25) is 17.6 Å². The van der Waals surface area contributed by atoms with E-state index in [0.29, 0.717) is 11.5 Å². The highest BCUT2D eigenvalue weighted by Crippen LogP contribution is 2.16. The number of hydrogen-bond donors (Lipinski definition) is 1. The van der Waals surface area contributed by atoms with E-state index in [1.165, 1.54) is 34.0 Å². The summed E-state index contributed by atoms with van der Waals surface area (Å²) < 4.78 is 13.0. The highest BCUT2D eigenvalue weighted by atomic mass is 19.1. The predicted molar refractivity (Wildman–Crippen MR) is 110 cm³/mol. The zero-order chi connectivity index (χ0) is 21.7. The molecule has 0 saturated heterocycles. The fourth-order valence-corrected chi connectivity index (χ4v) is 2.80. The van der Waals surface area contributed by atoms with E-state index in [4.69, 9.17) is 0 Å². The second-order valence-electron chi connectivity index (χ2n) is 7.72. The number of nitrogens with zero attached hydrogens (tertiary/aromatic N) is 5. The van der Waals surface area contributed by atoms with Crippen molar-refractivity contribution in [2.75, 3.05) is 11.9 Å². The molecule has 0 aliphatic heterocycles. The van der Waals surface area contributed by atoms with Crippen LogP contribution in [0.2, 0.25) is 0 Å². The summed E-state index contributed by atoms with van der Waals surface area (Å²) in [5, 5.41) is 14.8. The molecule has 0 spiro atoms. The maximum Gasteiger partial charge on any atom is 0.247 e. The van der Waals surface area contributed by atoms with Crippen LogP contribution in [-0.4, -0.2) is 49.0 Å². The van der Waals surface area contributed by atoms with Crippen molar-refractivity contribution in [3.05, 3.63) is 60.4 Å². The maximum atomic E-state index is 13.0. The largest absolute Gasteiger partial charge is 0.327 e. The number of tetrazole rings is 1. The summed E-state index contributed by atoms with van der Waals surface area (Å²) in [5.74, 6) is -0.690. The number of hydrogen-bond acceptors (Lipinski definition) is 5. The average Bonchev–Trinajstić information content (AvgIpc) is 3.16. The van der Waals surface area contributed by atoms with Crippen LogP contribution in [-0.2, 0) is 16.1 Å². The molecule has 0 fully saturated rings. The lowest BCUT2D eigenvalue weighted by atomic mass is 10.1. The van der Waals surface area contributed by atoms with Gasteiger partial charge in [-0.15, -0.1) is 10.2 Å². The Kier molecular flexibility index (Phi) is 6.20. The monoisotopic (exact) mass is 410 g/mol. The molecule has 0 radical (unpaired) electrons. The lowest BCUT2D eigenvalue weighted by Crippen LogP contribution is -2.50. The van der Waals surface area contributed by atoms with Crippen molar-refractivity contribution >= 4 is 17.5 Å². The molecule has 2 aromatic carbocycles. The maximum absolute atomic E-state index is 13.0. The molecule has 0 unspecified atom stereocenters. The van der Waals surface area contributed by atoms with Crippen molar-refractivity contribution in [1.82, 2.24) is 25.1 Å². The molecule has 1 N–H and O–H groups in total. The van der Waals surface area contributed by atoms with E-state index < -0.39 is 11.4 Å². The number of benzene rings is 2. The van der Waals surface area contributed by atoms with Gasteiger partial charge in [-0.05, 0) is 50.3 Å². The molecule has 2 amide bonds. The second kappa shape index (κ2) is 8.81. The number of rotatable bonds is 6. The van der Waals surface area contributed by atoms with Crippen LogP contribution in [0.3, 0.4) is 0 Å². The topological polar surface area (TPSA) is 93.0 Å². The third-order valence-corrected chi connectivity index (χ3v) is 4.30. The van der Waals surface area contributed by atoms with Crippen LogP contribution in [0.25, 0.3) is 11.4 Å². The Bertz CT molecular complexity index is 1010. The lowest BCUT2D eigenvalue weighted by Gasteiger charge is -2.35. The quantitative estimate of drug-likeness (QED) is 0.675. The minimum atomic E-state index is -0.611. The van der Waals surface area contributed by atoms with Crippen LogP contribution in [0.1, 0.15) is 20.8 Å². The first-order chi connectivity index (χ1) is 14.2. The lowest BCUT2D eigenvalue weighted by molar-refractivity contribution is -0.140. The summed E-state index contributed by atoms with van der Waals surface area (Å²) in [4.78, 5) is 28.0. The SMILES string of the molecule is CC(C)(C)N(CC(=O)Nc1ccc(F)cc1)C(=O)Cn1nnc(-c2ccccc2)n1. The molecule has 156 valence electrons. The van der Waals surface area contributed by atoms with Crippen molar-refractivity contribution in [2.24, 2.45) is 0 Å². The molecule has 1 heterocycles. The molecule has 30 heavy (non-hydrogen) atoms. The van der Waals surface area contributed by atoms with Gasteiger partial charge in [0.1, 0.15) is 18.9 Å². The number of aromatic nitrogens is 4. The Labute approximate surface area is 173 Å².